The van der Waals surface area contributed by atoms with E-state index in [1.54, 1.807) is 12.1 Å². The Kier molecular flexibility index (Phi) is 4.93. The van der Waals surface area contributed by atoms with Gasteiger partial charge in [0.2, 0.25) is 0 Å². The van der Waals surface area contributed by atoms with Crippen molar-refractivity contribution < 1.29 is 9.18 Å². The number of fused-ring (bicyclic) bond motifs is 3. The average Bonchev–Trinajstić information content (AvgIpc) is 3.10. The number of piperazine rings is 1. The normalized spacial score (nSPS) is 19.2. The molecule has 0 saturated carbocycles. The molecule has 1 fully saturated rings. The first kappa shape index (κ1) is 19.4. The summed E-state index contributed by atoms with van der Waals surface area (Å²) in [4.78, 5) is 29.1. The van der Waals surface area contributed by atoms with Crippen LogP contribution in [-0.2, 0) is 12.8 Å². The monoisotopic (exact) mass is 424 g/mol. The molecule has 2 aromatic heterocycles. The van der Waals surface area contributed by atoms with Gasteiger partial charge in [-0.25, -0.2) is 14.4 Å². The second kappa shape index (κ2) is 7.61. The van der Waals surface area contributed by atoms with Crippen LogP contribution in [0.1, 0.15) is 40.0 Å². The van der Waals surface area contributed by atoms with Crippen LogP contribution < -0.4 is 4.90 Å². The number of halogens is 1. The molecule has 0 bridgehead atoms. The molecule has 5 nitrogen and oxygen atoms in total. The zero-order valence-corrected chi connectivity index (χ0v) is 18.1. The van der Waals surface area contributed by atoms with Crippen molar-refractivity contribution in [3.05, 3.63) is 51.9 Å². The van der Waals surface area contributed by atoms with Crippen LogP contribution in [0.15, 0.2) is 24.3 Å². The highest BCUT2D eigenvalue weighted by Crippen LogP contribution is 2.41. The Morgan fingerprint density at radius 1 is 1.13 bits per heavy atom. The third kappa shape index (κ3) is 3.45. The quantitative estimate of drug-likeness (QED) is 0.618. The van der Waals surface area contributed by atoms with Gasteiger partial charge in [0.05, 0.1) is 5.39 Å². The summed E-state index contributed by atoms with van der Waals surface area (Å²) >= 11 is 1.83. The van der Waals surface area contributed by atoms with Crippen LogP contribution in [0.5, 0.6) is 0 Å². The Morgan fingerprint density at radius 2 is 1.87 bits per heavy atom. The van der Waals surface area contributed by atoms with Crippen LogP contribution in [0.4, 0.5) is 10.2 Å². The van der Waals surface area contributed by atoms with Gasteiger partial charge in [0.25, 0.3) is 5.91 Å². The topological polar surface area (TPSA) is 49.3 Å². The number of nitrogens with zero attached hydrogens (tertiary/aromatic N) is 4. The van der Waals surface area contributed by atoms with Crippen LogP contribution in [0, 0.1) is 18.7 Å². The van der Waals surface area contributed by atoms with E-state index in [0.29, 0.717) is 18.7 Å². The summed E-state index contributed by atoms with van der Waals surface area (Å²) in [6, 6.07) is 5.79. The predicted molar refractivity (Wildman–Crippen MR) is 118 cm³/mol. The van der Waals surface area contributed by atoms with Gasteiger partial charge >= 0.3 is 0 Å². The van der Waals surface area contributed by atoms with E-state index in [4.69, 9.17) is 9.97 Å². The smallest absolute Gasteiger partial charge is 0.253 e. The van der Waals surface area contributed by atoms with E-state index in [0.717, 1.165) is 48.3 Å². The van der Waals surface area contributed by atoms with Crippen molar-refractivity contribution in [3.63, 3.8) is 0 Å². The van der Waals surface area contributed by atoms with Gasteiger partial charge in [-0.15, -0.1) is 11.3 Å². The lowest BCUT2D eigenvalue weighted by Crippen LogP contribution is -2.49. The van der Waals surface area contributed by atoms with Crippen LogP contribution >= 0.6 is 11.3 Å². The van der Waals surface area contributed by atoms with Gasteiger partial charge in [-0.1, -0.05) is 6.92 Å². The molecular formula is C23H25FN4OS. The van der Waals surface area contributed by atoms with Gasteiger partial charge in [0, 0.05) is 36.6 Å². The summed E-state index contributed by atoms with van der Waals surface area (Å²) in [6.07, 6.45) is 3.44. The number of thiophene rings is 1. The summed E-state index contributed by atoms with van der Waals surface area (Å²) in [5.41, 5.74) is 1.97. The van der Waals surface area contributed by atoms with Gasteiger partial charge in [0.1, 0.15) is 22.3 Å². The highest BCUT2D eigenvalue weighted by Gasteiger charge is 2.28. The minimum atomic E-state index is -0.326. The SMILES string of the molecule is Cc1nc(N2CCN(C(=O)c3ccc(F)cc3)CC2)c2c3c(sc2n1)CC(C)CC3. The molecule has 1 atom stereocenters. The summed E-state index contributed by atoms with van der Waals surface area (Å²) in [7, 11) is 0. The minimum Gasteiger partial charge on any atom is -0.352 e. The number of hydrogen-bond acceptors (Lipinski definition) is 5. The molecule has 1 aliphatic carbocycles. The van der Waals surface area contributed by atoms with E-state index >= 15 is 0 Å². The van der Waals surface area contributed by atoms with Crippen molar-refractivity contribution in [1.82, 2.24) is 14.9 Å². The molecule has 1 aliphatic heterocycles. The highest BCUT2D eigenvalue weighted by molar-refractivity contribution is 7.19. The molecule has 0 spiro atoms. The first-order valence-electron chi connectivity index (χ1n) is 10.6. The second-order valence-corrected chi connectivity index (χ2v) is 9.50. The zero-order valence-electron chi connectivity index (χ0n) is 17.3. The van der Waals surface area contributed by atoms with Gasteiger partial charge < -0.3 is 9.80 Å². The minimum absolute atomic E-state index is 0.0411. The van der Waals surface area contributed by atoms with E-state index in [9.17, 15) is 9.18 Å². The number of hydrogen-bond donors (Lipinski definition) is 0. The summed E-state index contributed by atoms with van der Waals surface area (Å²) < 4.78 is 13.2. The van der Waals surface area contributed by atoms with E-state index < -0.39 is 0 Å². The number of carbonyl (C=O) groups is 1. The molecule has 1 amide bonds. The number of aromatic nitrogens is 2. The second-order valence-electron chi connectivity index (χ2n) is 8.41. The predicted octanol–water partition coefficient (Wildman–Crippen LogP) is 4.23. The number of amides is 1. The maximum atomic E-state index is 13.2. The molecule has 1 aromatic carbocycles. The number of anilines is 1. The zero-order chi connectivity index (χ0) is 20.8. The number of carbonyl (C=O) groups excluding carboxylic acids is 1. The summed E-state index contributed by atoms with van der Waals surface area (Å²) in [5.74, 6) is 2.19. The van der Waals surface area contributed by atoms with Gasteiger partial charge in [-0.3, -0.25) is 4.79 Å². The Labute approximate surface area is 179 Å². The molecule has 2 aliphatic rings. The molecule has 1 unspecified atom stereocenters. The average molecular weight is 425 g/mol. The van der Waals surface area contributed by atoms with Gasteiger partial charge in [0.15, 0.2) is 0 Å². The van der Waals surface area contributed by atoms with Gasteiger partial charge in [-0.05, 0) is 61.9 Å². The molecule has 0 N–H and O–H groups in total. The summed E-state index contributed by atoms with van der Waals surface area (Å²) in [6.45, 7) is 7.01. The Bertz CT molecular complexity index is 1100. The third-order valence-corrected chi connectivity index (χ3v) is 7.35. The fraction of sp³-hybridized carbons (Fsp3) is 0.435. The Morgan fingerprint density at radius 3 is 2.60 bits per heavy atom. The van der Waals surface area contributed by atoms with E-state index in [-0.39, 0.29) is 11.7 Å². The Balaban J connectivity index is 1.39. The van der Waals surface area contributed by atoms with E-state index in [2.05, 4.69) is 11.8 Å². The van der Waals surface area contributed by atoms with Crippen LogP contribution in [0.3, 0.4) is 0 Å². The van der Waals surface area contributed by atoms with E-state index in [1.807, 2.05) is 23.2 Å². The summed E-state index contributed by atoms with van der Waals surface area (Å²) in [5, 5.41) is 1.23. The number of aryl methyl sites for hydroxylation is 2. The fourth-order valence-electron chi connectivity index (χ4n) is 4.55. The van der Waals surface area contributed by atoms with Crippen molar-refractivity contribution in [2.75, 3.05) is 31.1 Å². The molecule has 156 valence electrons. The van der Waals surface area contributed by atoms with Crippen LogP contribution in [-0.4, -0.2) is 47.0 Å². The molecule has 3 aromatic rings. The fourth-order valence-corrected chi connectivity index (χ4v) is 5.97. The molecule has 30 heavy (non-hydrogen) atoms. The third-order valence-electron chi connectivity index (χ3n) is 6.21. The van der Waals surface area contributed by atoms with Crippen molar-refractivity contribution >= 4 is 33.3 Å². The van der Waals surface area contributed by atoms with Crippen LogP contribution in [0.25, 0.3) is 10.2 Å². The highest BCUT2D eigenvalue weighted by atomic mass is 32.1. The molecule has 0 radical (unpaired) electrons. The van der Waals surface area contributed by atoms with Crippen molar-refractivity contribution in [2.24, 2.45) is 5.92 Å². The lowest BCUT2D eigenvalue weighted by molar-refractivity contribution is 0.0746. The number of rotatable bonds is 2. The maximum Gasteiger partial charge on any atom is 0.253 e. The van der Waals surface area contributed by atoms with Crippen molar-refractivity contribution in [2.45, 2.75) is 33.1 Å². The molecule has 7 heteroatoms. The lowest BCUT2D eigenvalue weighted by atomic mass is 9.89. The van der Waals surface area contributed by atoms with E-state index in [1.165, 1.54) is 34.4 Å². The van der Waals surface area contributed by atoms with Crippen molar-refractivity contribution in [1.29, 1.82) is 0 Å². The molecule has 3 heterocycles. The number of benzene rings is 1. The molecular weight excluding hydrogens is 399 g/mol. The molecule has 5 rings (SSSR count). The largest absolute Gasteiger partial charge is 0.352 e. The lowest BCUT2D eigenvalue weighted by Gasteiger charge is -2.36. The first-order chi connectivity index (χ1) is 14.5. The molecule has 1 saturated heterocycles. The first-order valence-corrected chi connectivity index (χ1v) is 11.4. The van der Waals surface area contributed by atoms with Crippen molar-refractivity contribution in [3.8, 4) is 0 Å². The standard InChI is InChI=1S/C23H25FN4OS/c1-14-3-8-18-19(13-14)30-22-20(18)21(25-15(2)26-22)27-9-11-28(12-10-27)23(29)16-4-6-17(24)7-5-16/h4-7,14H,3,8-13H2,1-2H3. The van der Waals surface area contributed by atoms with Gasteiger partial charge in [-0.2, -0.15) is 0 Å². The Hall–Kier alpha value is -2.54. The maximum absolute atomic E-state index is 13.2. The van der Waals surface area contributed by atoms with Crippen LogP contribution in [0.2, 0.25) is 0 Å².